The highest BCUT2D eigenvalue weighted by Crippen LogP contribution is 2.14. The summed E-state index contributed by atoms with van der Waals surface area (Å²) < 4.78 is 5.30. The number of carbonyl (C=O) groups excluding carboxylic acids is 1. The third-order valence-electron chi connectivity index (χ3n) is 2.76. The molecule has 4 heteroatoms. The van der Waals surface area contributed by atoms with Crippen molar-refractivity contribution in [1.29, 1.82) is 0 Å². The van der Waals surface area contributed by atoms with E-state index in [1.807, 2.05) is 11.8 Å². The van der Waals surface area contributed by atoms with Crippen molar-refractivity contribution in [3.8, 4) is 0 Å². The average molecular weight is 220 g/mol. The summed E-state index contributed by atoms with van der Waals surface area (Å²) >= 11 is 0. The minimum absolute atomic E-state index is 0.0306. The summed E-state index contributed by atoms with van der Waals surface area (Å²) in [6.07, 6.45) is 0. The van der Waals surface area contributed by atoms with Crippen LogP contribution in [-0.2, 0) is 4.74 Å². The molecule has 0 radical (unpaired) electrons. The van der Waals surface area contributed by atoms with Gasteiger partial charge in [0.1, 0.15) is 0 Å². The minimum Gasteiger partial charge on any atom is -0.399 e. The van der Waals surface area contributed by atoms with Crippen LogP contribution in [0, 0.1) is 0 Å². The molecule has 1 aliphatic heterocycles. The van der Waals surface area contributed by atoms with Gasteiger partial charge in [0, 0.05) is 17.8 Å². The van der Waals surface area contributed by atoms with E-state index in [0.717, 1.165) is 0 Å². The van der Waals surface area contributed by atoms with Crippen LogP contribution in [0.2, 0.25) is 0 Å². The van der Waals surface area contributed by atoms with Crippen LogP contribution >= 0.6 is 0 Å². The Morgan fingerprint density at radius 2 is 2.38 bits per heavy atom. The maximum Gasteiger partial charge on any atom is 0.254 e. The molecule has 0 aliphatic carbocycles. The lowest BCUT2D eigenvalue weighted by Gasteiger charge is -2.33. The molecule has 16 heavy (non-hydrogen) atoms. The van der Waals surface area contributed by atoms with Gasteiger partial charge >= 0.3 is 0 Å². The number of carbonyl (C=O) groups is 1. The number of nitrogens with two attached hydrogens (primary N) is 1. The Kier molecular flexibility index (Phi) is 3.10. The molecule has 0 aromatic heterocycles. The number of nitrogens with zero attached hydrogens (tertiary/aromatic N) is 1. The Morgan fingerprint density at radius 3 is 3.06 bits per heavy atom. The van der Waals surface area contributed by atoms with E-state index >= 15 is 0 Å². The minimum atomic E-state index is 0.0306. The van der Waals surface area contributed by atoms with Crippen LogP contribution in [0.25, 0.3) is 0 Å². The Hall–Kier alpha value is -1.55. The lowest BCUT2D eigenvalue weighted by molar-refractivity contribution is 0.00360. The van der Waals surface area contributed by atoms with Gasteiger partial charge in [0.25, 0.3) is 5.91 Å². The first kappa shape index (κ1) is 11.0. The van der Waals surface area contributed by atoms with Crippen molar-refractivity contribution in [2.45, 2.75) is 13.0 Å². The van der Waals surface area contributed by atoms with E-state index in [4.69, 9.17) is 10.5 Å². The van der Waals surface area contributed by atoms with Crippen LogP contribution in [0.5, 0.6) is 0 Å². The molecular formula is C12H16N2O2. The van der Waals surface area contributed by atoms with Crippen LogP contribution in [-0.4, -0.2) is 36.6 Å². The zero-order chi connectivity index (χ0) is 11.5. The maximum absolute atomic E-state index is 12.2. The smallest absolute Gasteiger partial charge is 0.254 e. The highest BCUT2D eigenvalue weighted by atomic mass is 16.5. The van der Waals surface area contributed by atoms with Gasteiger partial charge in [0.2, 0.25) is 0 Å². The van der Waals surface area contributed by atoms with Crippen molar-refractivity contribution in [3.05, 3.63) is 29.8 Å². The van der Waals surface area contributed by atoms with Crippen LogP contribution in [0.15, 0.2) is 24.3 Å². The van der Waals surface area contributed by atoms with Gasteiger partial charge in [-0.2, -0.15) is 0 Å². The number of ether oxygens (including phenoxy) is 1. The molecule has 86 valence electrons. The second-order valence-electron chi connectivity index (χ2n) is 4.05. The Bertz CT molecular complexity index is 392. The predicted octanol–water partition coefficient (Wildman–Crippen LogP) is 1.13. The van der Waals surface area contributed by atoms with E-state index in [1.54, 1.807) is 24.3 Å². The number of rotatable bonds is 1. The fourth-order valence-corrected chi connectivity index (χ4v) is 1.87. The number of anilines is 1. The third-order valence-corrected chi connectivity index (χ3v) is 2.76. The van der Waals surface area contributed by atoms with E-state index in [2.05, 4.69) is 0 Å². The van der Waals surface area contributed by atoms with Gasteiger partial charge in [-0.1, -0.05) is 6.07 Å². The molecule has 1 aromatic rings. The third kappa shape index (κ3) is 2.17. The Morgan fingerprint density at radius 1 is 1.56 bits per heavy atom. The second-order valence-corrected chi connectivity index (χ2v) is 4.05. The molecule has 2 N–H and O–H groups in total. The first-order chi connectivity index (χ1) is 7.68. The average Bonchev–Trinajstić information content (AvgIpc) is 2.29. The summed E-state index contributed by atoms with van der Waals surface area (Å²) in [7, 11) is 0. The molecule has 1 amide bonds. The normalized spacial score (nSPS) is 20.8. The molecule has 1 unspecified atom stereocenters. The van der Waals surface area contributed by atoms with Crippen LogP contribution in [0.3, 0.4) is 0 Å². The van der Waals surface area contributed by atoms with E-state index in [-0.39, 0.29) is 11.9 Å². The zero-order valence-corrected chi connectivity index (χ0v) is 9.35. The fourth-order valence-electron chi connectivity index (χ4n) is 1.87. The summed E-state index contributed by atoms with van der Waals surface area (Å²) in [6.45, 7) is 3.85. The fraction of sp³-hybridized carbons (Fsp3) is 0.417. The number of hydrogen-bond acceptors (Lipinski definition) is 3. The van der Waals surface area contributed by atoms with E-state index in [1.165, 1.54) is 0 Å². The van der Waals surface area contributed by atoms with Crippen molar-refractivity contribution in [1.82, 2.24) is 4.90 Å². The first-order valence-corrected chi connectivity index (χ1v) is 5.43. The molecule has 1 heterocycles. The molecule has 1 saturated heterocycles. The Balaban J connectivity index is 2.17. The van der Waals surface area contributed by atoms with Gasteiger partial charge in [0.05, 0.1) is 19.3 Å². The highest BCUT2D eigenvalue weighted by molar-refractivity contribution is 5.95. The Labute approximate surface area is 95.0 Å². The zero-order valence-electron chi connectivity index (χ0n) is 9.35. The standard InChI is InChI=1S/C12H16N2O2/c1-9-8-16-6-5-14(9)12(15)10-3-2-4-11(13)7-10/h2-4,7,9H,5-6,8,13H2,1H3. The quantitative estimate of drug-likeness (QED) is 0.722. The summed E-state index contributed by atoms with van der Waals surface area (Å²) in [5.41, 5.74) is 6.93. The molecule has 1 fully saturated rings. The van der Waals surface area contributed by atoms with Crippen molar-refractivity contribution in [3.63, 3.8) is 0 Å². The van der Waals surface area contributed by atoms with Crippen molar-refractivity contribution >= 4 is 11.6 Å². The van der Waals surface area contributed by atoms with E-state index < -0.39 is 0 Å². The summed E-state index contributed by atoms with van der Waals surface area (Å²) in [4.78, 5) is 14.0. The molecule has 0 spiro atoms. The first-order valence-electron chi connectivity index (χ1n) is 5.43. The van der Waals surface area contributed by atoms with Crippen LogP contribution in [0.1, 0.15) is 17.3 Å². The van der Waals surface area contributed by atoms with Gasteiger partial charge in [-0.15, -0.1) is 0 Å². The predicted molar refractivity (Wildman–Crippen MR) is 62.2 cm³/mol. The largest absolute Gasteiger partial charge is 0.399 e. The topological polar surface area (TPSA) is 55.6 Å². The molecule has 2 rings (SSSR count). The highest BCUT2D eigenvalue weighted by Gasteiger charge is 2.24. The second kappa shape index (κ2) is 4.53. The molecule has 1 aromatic carbocycles. The van der Waals surface area contributed by atoms with Crippen LogP contribution < -0.4 is 5.73 Å². The van der Waals surface area contributed by atoms with E-state index in [0.29, 0.717) is 31.0 Å². The molecule has 1 atom stereocenters. The number of benzene rings is 1. The molecule has 0 bridgehead atoms. The van der Waals surface area contributed by atoms with Gasteiger partial charge < -0.3 is 15.4 Å². The van der Waals surface area contributed by atoms with Gasteiger partial charge in [-0.3, -0.25) is 4.79 Å². The van der Waals surface area contributed by atoms with E-state index in [9.17, 15) is 4.79 Å². The number of morpholine rings is 1. The van der Waals surface area contributed by atoms with Crippen molar-refractivity contribution < 1.29 is 9.53 Å². The molecule has 1 aliphatic rings. The summed E-state index contributed by atoms with van der Waals surface area (Å²) in [5.74, 6) is 0.0306. The lowest BCUT2D eigenvalue weighted by Crippen LogP contribution is -2.47. The number of hydrogen-bond donors (Lipinski definition) is 1. The van der Waals surface area contributed by atoms with Gasteiger partial charge in [-0.05, 0) is 25.1 Å². The monoisotopic (exact) mass is 220 g/mol. The maximum atomic E-state index is 12.2. The molecule has 0 saturated carbocycles. The van der Waals surface area contributed by atoms with Crippen molar-refractivity contribution in [2.75, 3.05) is 25.5 Å². The SMILES string of the molecule is CC1COCCN1C(=O)c1cccc(N)c1. The number of nitrogen functional groups attached to an aromatic ring is 1. The van der Waals surface area contributed by atoms with Gasteiger partial charge in [0.15, 0.2) is 0 Å². The molecule has 4 nitrogen and oxygen atoms in total. The summed E-state index contributed by atoms with van der Waals surface area (Å²) in [5, 5.41) is 0. The number of amides is 1. The lowest BCUT2D eigenvalue weighted by atomic mass is 10.1. The van der Waals surface area contributed by atoms with Crippen LogP contribution in [0.4, 0.5) is 5.69 Å². The molecular weight excluding hydrogens is 204 g/mol. The van der Waals surface area contributed by atoms with Crippen molar-refractivity contribution in [2.24, 2.45) is 0 Å². The summed E-state index contributed by atoms with van der Waals surface area (Å²) in [6, 6.07) is 7.21. The van der Waals surface area contributed by atoms with Gasteiger partial charge in [-0.25, -0.2) is 0 Å².